The molecule has 3 aromatic carbocycles. The molecule has 8 fully saturated rings. The second kappa shape index (κ2) is 12.9. The summed E-state index contributed by atoms with van der Waals surface area (Å²) >= 11 is 0. The minimum absolute atomic E-state index is 0.0376. The highest BCUT2D eigenvalue weighted by atomic mass is 32.2. The van der Waals surface area contributed by atoms with Crippen LogP contribution < -0.4 is 20.6 Å². The Morgan fingerprint density at radius 1 is 0.633 bits per heavy atom. The molecule has 260 valence electrons. The fraction of sp³-hybridized carbons (Fsp3) is 0.591. The van der Waals surface area contributed by atoms with Crippen LogP contribution in [0.15, 0.2) is 84.9 Å². The van der Waals surface area contributed by atoms with Crippen molar-refractivity contribution in [3.63, 3.8) is 0 Å². The van der Waals surface area contributed by atoms with E-state index in [0.717, 1.165) is 41.7 Å². The molecule has 0 aliphatic heterocycles. The van der Waals surface area contributed by atoms with Crippen LogP contribution in [0.25, 0.3) is 0 Å². The Balaban J connectivity index is 1.19. The first-order chi connectivity index (χ1) is 23.7. The number of rotatable bonds is 10. The Morgan fingerprint density at radius 2 is 1.02 bits per heavy atom. The summed E-state index contributed by atoms with van der Waals surface area (Å²) in [6.07, 6.45) is 19.0. The van der Waals surface area contributed by atoms with Crippen molar-refractivity contribution in [2.45, 2.75) is 119 Å². The Hall–Kier alpha value is -1.37. The van der Waals surface area contributed by atoms with E-state index in [1.54, 1.807) is 5.30 Å². The molecule has 8 aliphatic carbocycles. The molecule has 0 amide bonds. The van der Waals surface area contributed by atoms with E-state index in [2.05, 4.69) is 110 Å². The number of hydrogen-bond acceptors (Lipinski definition) is 1. The Bertz CT molecular complexity index is 1510. The van der Waals surface area contributed by atoms with E-state index in [9.17, 15) is 4.21 Å². The van der Waals surface area contributed by atoms with Crippen LogP contribution in [0.2, 0.25) is 0 Å². The quantitative estimate of drug-likeness (QED) is 0.209. The highest BCUT2D eigenvalue weighted by Crippen LogP contribution is 2.78. The summed E-state index contributed by atoms with van der Waals surface area (Å²) in [6.45, 7) is 6.40. The van der Waals surface area contributed by atoms with E-state index in [0.29, 0.717) is 10.3 Å². The maximum atomic E-state index is 14.2. The molecule has 49 heavy (non-hydrogen) atoms. The molecule has 0 radical (unpaired) electrons. The molecule has 0 saturated heterocycles. The van der Waals surface area contributed by atoms with Gasteiger partial charge in [-0.15, -0.1) is 0 Å². The molecule has 0 spiro atoms. The SMILES string of the molecule is CC(C)(C)[S@@](=O)NC(CP(c1ccccc1)c1ccccc1)c1ccccc1P(C12CC3CC(CC(C3)C1)C2)C12CC3CC(CC(C3)C1)C2. The summed E-state index contributed by atoms with van der Waals surface area (Å²) in [5.41, 5.74) is 1.50. The van der Waals surface area contributed by atoms with Gasteiger partial charge in [0.15, 0.2) is 0 Å². The van der Waals surface area contributed by atoms with Gasteiger partial charge in [-0.1, -0.05) is 92.9 Å². The molecule has 3 aromatic rings. The van der Waals surface area contributed by atoms with Gasteiger partial charge in [0, 0.05) is 6.04 Å². The molecule has 2 nitrogen and oxygen atoms in total. The lowest BCUT2D eigenvalue weighted by molar-refractivity contribution is 0.0195. The molecule has 0 heterocycles. The summed E-state index contributed by atoms with van der Waals surface area (Å²) < 4.78 is 17.8. The molecule has 8 saturated carbocycles. The second-order valence-electron chi connectivity index (χ2n) is 18.5. The minimum Gasteiger partial charge on any atom is -0.242 e. The van der Waals surface area contributed by atoms with Crippen molar-refractivity contribution in [2.24, 2.45) is 35.5 Å². The lowest BCUT2D eigenvalue weighted by atomic mass is 9.55. The number of hydrogen-bond donors (Lipinski definition) is 1. The summed E-state index contributed by atoms with van der Waals surface area (Å²) in [7, 11) is -2.20. The van der Waals surface area contributed by atoms with Crippen LogP contribution in [-0.2, 0) is 11.0 Å². The molecule has 11 rings (SSSR count). The lowest BCUT2D eigenvalue weighted by Gasteiger charge is -2.67. The number of nitrogens with one attached hydrogen (secondary N) is 1. The first-order valence-electron chi connectivity index (χ1n) is 19.6. The van der Waals surface area contributed by atoms with Crippen molar-refractivity contribution in [3.05, 3.63) is 90.5 Å². The van der Waals surface area contributed by atoms with Gasteiger partial charge in [-0.3, -0.25) is 0 Å². The van der Waals surface area contributed by atoms with Crippen LogP contribution in [0, 0.1) is 35.5 Å². The van der Waals surface area contributed by atoms with E-state index in [1.165, 1.54) is 93.2 Å². The van der Waals surface area contributed by atoms with E-state index < -0.39 is 18.9 Å². The molecular weight excluding hydrogens is 653 g/mol. The van der Waals surface area contributed by atoms with Crippen LogP contribution in [0.1, 0.15) is 109 Å². The third-order valence-electron chi connectivity index (χ3n) is 13.8. The molecule has 1 N–H and O–H groups in total. The minimum atomic E-state index is -1.17. The van der Waals surface area contributed by atoms with Gasteiger partial charge in [0.25, 0.3) is 0 Å². The van der Waals surface area contributed by atoms with E-state index in [-0.39, 0.29) is 18.7 Å². The maximum absolute atomic E-state index is 14.2. The third kappa shape index (κ3) is 6.28. The van der Waals surface area contributed by atoms with Crippen molar-refractivity contribution in [3.8, 4) is 0 Å². The normalized spacial score (nSPS) is 36.2. The summed E-state index contributed by atoms with van der Waals surface area (Å²) in [5.74, 6) is 5.77. The van der Waals surface area contributed by atoms with Gasteiger partial charge in [-0.05, 0) is 179 Å². The van der Waals surface area contributed by atoms with Gasteiger partial charge >= 0.3 is 0 Å². The van der Waals surface area contributed by atoms with Gasteiger partial charge in [-0.2, -0.15) is 0 Å². The second-order valence-corrected chi connectivity index (χ2v) is 25.8. The summed E-state index contributed by atoms with van der Waals surface area (Å²) in [6, 6.07) is 32.3. The standard InChI is InChI=1S/C44H57NOP2S/c1-42(2,3)49(46)45-40(30-47(37-12-6-4-7-13-37)38-14-8-5-9-15-38)39-16-10-11-17-41(39)48(43-24-31-18-32(25-43)20-33(19-31)26-43)44-27-34-21-35(28-44)23-36(22-34)29-44/h4-17,31-36,40,45H,18-30H2,1-3H3/t31?,32?,33?,34?,35?,36?,40?,43?,44?,48?,49-/m1/s1. The highest BCUT2D eigenvalue weighted by molar-refractivity contribution is 7.84. The number of benzene rings is 3. The Labute approximate surface area is 301 Å². The van der Waals surface area contributed by atoms with Crippen LogP contribution in [0.3, 0.4) is 0 Å². The van der Waals surface area contributed by atoms with Gasteiger partial charge in [0.05, 0.1) is 15.7 Å². The van der Waals surface area contributed by atoms with Crippen molar-refractivity contribution in [1.29, 1.82) is 0 Å². The fourth-order valence-electron chi connectivity index (χ4n) is 12.9. The monoisotopic (exact) mass is 709 g/mol. The average molecular weight is 710 g/mol. The van der Waals surface area contributed by atoms with E-state index >= 15 is 0 Å². The Morgan fingerprint density at radius 3 is 1.43 bits per heavy atom. The smallest absolute Gasteiger partial charge is 0.0976 e. The van der Waals surface area contributed by atoms with Gasteiger partial charge in [0.1, 0.15) is 0 Å². The van der Waals surface area contributed by atoms with Gasteiger partial charge in [0.2, 0.25) is 0 Å². The first kappa shape index (κ1) is 33.5. The first-order valence-corrected chi connectivity index (χ1v) is 23.6. The molecule has 0 aromatic heterocycles. The zero-order chi connectivity index (χ0) is 33.4. The van der Waals surface area contributed by atoms with Crippen LogP contribution >= 0.6 is 15.8 Å². The largest absolute Gasteiger partial charge is 0.242 e. The van der Waals surface area contributed by atoms with Gasteiger partial charge < -0.3 is 0 Å². The van der Waals surface area contributed by atoms with Crippen molar-refractivity contribution in [1.82, 2.24) is 4.72 Å². The zero-order valence-corrected chi connectivity index (χ0v) is 32.6. The molecule has 2 atom stereocenters. The topological polar surface area (TPSA) is 29.1 Å². The van der Waals surface area contributed by atoms with Crippen molar-refractivity contribution in [2.75, 3.05) is 6.16 Å². The van der Waals surface area contributed by atoms with E-state index in [4.69, 9.17) is 0 Å². The van der Waals surface area contributed by atoms with Crippen LogP contribution in [0.5, 0.6) is 0 Å². The van der Waals surface area contributed by atoms with E-state index in [1.807, 2.05) is 0 Å². The lowest BCUT2D eigenvalue weighted by Crippen LogP contribution is -2.58. The predicted octanol–water partition coefficient (Wildman–Crippen LogP) is 9.96. The summed E-state index contributed by atoms with van der Waals surface area (Å²) in [5, 5.41) is 5.56. The van der Waals surface area contributed by atoms with Crippen LogP contribution in [0.4, 0.5) is 0 Å². The molecule has 5 heteroatoms. The molecular formula is C44H57NOP2S. The predicted molar refractivity (Wildman–Crippen MR) is 213 cm³/mol. The van der Waals surface area contributed by atoms with Crippen LogP contribution in [-0.4, -0.2) is 25.4 Å². The molecule has 8 aliphatic rings. The van der Waals surface area contributed by atoms with Crippen molar-refractivity contribution < 1.29 is 4.21 Å². The zero-order valence-electron chi connectivity index (χ0n) is 30.0. The fourth-order valence-corrected chi connectivity index (χ4v) is 21.7. The Kier molecular flexibility index (Phi) is 8.84. The third-order valence-corrected chi connectivity index (χ3v) is 21.9. The van der Waals surface area contributed by atoms with Gasteiger partial charge in [-0.25, -0.2) is 8.93 Å². The molecule has 1 unspecified atom stereocenters. The maximum Gasteiger partial charge on any atom is 0.0976 e. The van der Waals surface area contributed by atoms with Crippen molar-refractivity contribution >= 4 is 42.7 Å². The highest BCUT2D eigenvalue weighted by Gasteiger charge is 2.63. The average Bonchev–Trinajstić information content (AvgIpc) is 3.06. The molecule has 8 bridgehead atoms. The summed E-state index contributed by atoms with van der Waals surface area (Å²) in [4.78, 5) is 0.